The van der Waals surface area contributed by atoms with Crippen molar-refractivity contribution in [3.8, 4) is 0 Å². The first-order chi connectivity index (χ1) is 11.0. The van der Waals surface area contributed by atoms with Crippen LogP contribution in [0.15, 0.2) is 23.8 Å². The molecule has 0 aromatic carbocycles. The van der Waals surface area contributed by atoms with Crippen molar-refractivity contribution in [2.24, 2.45) is 34.5 Å². The molecule has 7 atom stereocenters. The monoisotopic (exact) mass is 316 g/mol. The lowest BCUT2D eigenvalue weighted by Gasteiger charge is -2.57. The van der Waals surface area contributed by atoms with Crippen LogP contribution in [0.25, 0.3) is 0 Å². The Bertz CT molecular complexity index is 536. The second-order valence-electron chi connectivity index (χ2n) is 9.07. The number of hydrogen-bond acceptors (Lipinski definition) is 2. The van der Waals surface area contributed by atoms with Gasteiger partial charge in [0.15, 0.2) is 0 Å². The van der Waals surface area contributed by atoms with Gasteiger partial charge >= 0.3 is 0 Å². The highest BCUT2D eigenvalue weighted by atomic mass is 16.3. The van der Waals surface area contributed by atoms with Gasteiger partial charge in [-0.1, -0.05) is 37.6 Å². The normalized spacial score (nSPS) is 51.7. The fourth-order valence-corrected chi connectivity index (χ4v) is 7.06. The summed E-state index contributed by atoms with van der Waals surface area (Å²) in [5.41, 5.74) is 2.13. The van der Waals surface area contributed by atoms with Crippen LogP contribution in [-0.2, 0) is 0 Å². The molecule has 23 heavy (non-hydrogen) atoms. The van der Waals surface area contributed by atoms with Crippen molar-refractivity contribution in [1.82, 2.24) is 0 Å². The zero-order valence-electron chi connectivity index (χ0n) is 14.7. The van der Waals surface area contributed by atoms with Gasteiger partial charge in [-0.3, -0.25) is 0 Å². The van der Waals surface area contributed by atoms with E-state index < -0.39 is 0 Å². The van der Waals surface area contributed by atoms with E-state index in [0.717, 1.165) is 36.5 Å². The molecule has 0 amide bonds. The predicted octanol–water partition coefficient (Wildman–Crippen LogP) is 4.08. The lowest BCUT2D eigenvalue weighted by molar-refractivity contribution is -0.0377. The minimum Gasteiger partial charge on any atom is -0.396 e. The van der Waals surface area contributed by atoms with Gasteiger partial charge < -0.3 is 10.2 Å². The van der Waals surface area contributed by atoms with E-state index in [-0.39, 0.29) is 11.5 Å². The average molecular weight is 316 g/mol. The van der Waals surface area contributed by atoms with Gasteiger partial charge in [0.05, 0.1) is 6.10 Å². The summed E-state index contributed by atoms with van der Waals surface area (Å²) in [6, 6.07) is 0. The van der Waals surface area contributed by atoms with E-state index in [1.54, 1.807) is 0 Å². The number of aliphatic hydroxyl groups excluding tert-OH is 2. The predicted molar refractivity (Wildman–Crippen MR) is 92.8 cm³/mol. The fourth-order valence-electron chi connectivity index (χ4n) is 7.06. The molecule has 0 aromatic rings. The van der Waals surface area contributed by atoms with Crippen LogP contribution >= 0.6 is 0 Å². The quantitative estimate of drug-likeness (QED) is 0.754. The molecule has 2 N–H and O–H groups in total. The van der Waals surface area contributed by atoms with Gasteiger partial charge in [0, 0.05) is 12.0 Å². The molecule has 2 nitrogen and oxygen atoms in total. The molecule has 1 unspecified atom stereocenters. The van der Waals surface area contributed by atoms with E-state index in [9.17, 15) is 10.2 Å². The molecular weight excluding hydrogens is 284 g/mol. The minimum atomic E-state index is -0.371. The Morgan fingerprint density at radius 3 is 2.74 bits per heavy atom. The third kappa shape index (κ3) is 2.21. The number of rotatable bonds is 2. The van der Waals surface area contributed by atoms with Gasteiger partial charge in [-0.15, -0.1) is 0 Å². The van der Waals surface area contributed by atoms with E-state index in [0.29, 0.717) is 12.0 Å². The van der Waals surface area contributed by atoms with Crippen LogP contribution in [0.5, 0.6) is 0 Å². The van der Waals surface area contributed by atoms with Gasteiger partial charge in [0.25, 0.3) is 0 Å². The van der Waals surface area contributed by atoms with Crippen LogP contribution in [-0.4, -0.2) is 22.9 Å². The maximum atomic E-state index is 9.96. The Hall–Kier alpha value is -0.600. The summed E-state index contributed by atoms with van der Waals surface area (Å²) < 4.78 is 0. The number of fused-ring (bicyclic) bond motifs is 5. The van der Waals surface area contributed by atoms with E-state index in [4.69, 9.17) is 0 Å². The summed E-state index contributed by atoms with van der Waals surface area (Å²) >= 11 is 0. The molecule has 4 aliphatic rings. The Morgan fingerprint density at radius 1 is 1.13 bits per heavy atom. The molecule has 0 aromatic heterocycles. The summed E-state index contributed by atoms with van der Waals surface area (Å²) in [7, 11) is 0. The third-order valence-electron chi connectivity index (χ3n) is 8.33. The second-order valence-corrected chi connectivity index (χ2v) is 9.07. The van der Waals surface area contributed by atoms with Gasteiger partial charge in [-0.2, -0.15) is 0 Å². The first kappa shape index (κ1) is 15.9. The minimum absolute atomic E-state index is 0.179. The molecule has 3 saturated carbocycles. The van der Waals surface area contributed by atoms with Crippen LogP contribution in [0.1, 0.15) is 58.8 Å². The van der Waals surface area contributed by atoms with Crippen molar-refractivity contribution in [3.05, 3.63) is 23.8 Å². The Labute approximate surface area is 140 Å². The van der Waals surface area contributed by atoms with E-state index in [1.165, 1.54) is 37.7 Å². The highest BCUT2D eigenvalue weighted by Gasteiger charge is 2.57. The van der Waals surface area contributed by atoms with E-state index in [1.807, 2.05) is 6.08 Å². The van der Waals surface area contributed by atoms with Crippen molar-refractivity contribution < 1.29 is 10.2 Å². The molecule has 4 aliphatic carbocycles. The molecule has 0 saturated heterocycles. The van der Waals surface area contributed by atoms with Crippen LogP contribution in [0.3, 0.4) is 0 Å². The lowest BCUT2D eigenvalue weighted by atomic mass is 9.47. The Morgan fingerprint density at radius 2 is 1.96 bits per heavy atom. The van der Waals surface area contributed by atoms with Crippen LogP contribution < -0.4 is 0 Å². The molecule has 3 fully saturated rings. The lowest BCUT2D eigenvalue weighted by Crippen LogP contribution is -2.49. The number of aliphatic hydroxyl groups is 2. The van der Waals surface area contributed by atoms with Crippen molar-refractivity contribution in [2.45, 2.75) is 64.9 Å². The molecule has 0 heterocycles. The Balaban J connectivity index is 1.63. The topological polar surface area (TPSA) is 40.5 Å². The summed E-state index contributed by atoms with van der Waals surface area (Å²) in [4.78, 5) is 0. The van der Waals surface area contributed by atoms with Crippen molar-refractivity contribution in [1.29, 1.82) is 0 Å². The standard InChI is InChI=1S/C21H32O2/c1-20-11-8-19-17(18(20)6-4-14(20)9-12-22)5-3-15-13-16(23)7-10-21(15,19)2/h7,10,13-14,16-19,22-23H,3-6,8-9,11-12H2,1-2H3/t14-,16?,17+,18+,19+,20-,21+/m1/s1. The average Bonchev–Trinajstić information content (AvgIpc) is 2.85. The molecule has 0 radical (unpaired) electrons. The molecule has 0 aliphatic heterocycles. The van der Waals surface area contributed by atoms with Crippen LogP contribution in [0.4, 0.5) is 0 Å². The molecule has 128 valence electrons. The smallest absolute Gasteiger partial charge is 0.0905 e. The summed E-state index contributed by atoms with van der Waals surface area (Å²) in [6.07, 6.45) is 14.9. The van der Waals surface area contributed by atoms with Crippen molar-refractivity contribution in [2.75, 3.05) is 6.61 Å². The first-order valence-electron chi connectivity index (χ1n) is 9.68. The second kappa shape index (κ2) is 5.46. The number of hydrogen-bond donors (Lipinski definition) is 2. The first-order valence-corrected chi connectivity index (χ1v) is 9.68. The highest BCUT2D eigenvalue weighted by molar-refractivity contribution is 5.33. The summed E-state index contributed by atoms with van der Waals surface area (Å²) in [5, 5.41) is 19.4. The van der Waals surface area contributed by atoms with Crippen molar-refractivity contribution in [3.63, 3.8) is 0 Å². The molecule has 4 rings (SSSR count). The summed E-state index contributed by atoms with van der Waals surface area (Å²) in [5.74, 6) is 3.15. The van der Waals surface area contributed by atoms with Gasteiger partial charge in [0.1, 0.15) is 0 Å². The van der Waals surface area contributed by atoms with Gasteiger partial charge in [0.2, 0.25) is 0 Å². The largest absolute Gasteiger partial charge is 0.396 e. The zero-order valence-corrected chi connectivity index (χ0v) is 14.7. The molecule has 2 heteroatoms. The van der Waals surface area contributed by atoms with Crippen LogP contribution in [0, 0.1) is 34.5 Å². The Kier molecular flexibility index (Phi) is 3.77. The van der Waals surface area contributed by atoms with E-state index in [2.05, 4.69) is 26.0 Å². The molecule has 0 spiro atoms. The maximum Gasteiger partial charge on any atom is 0.0905 e. The zero-order chi connectivity index (χ0) is 16.2. The SMILES string of the molecule is C[C@]12CC[C@H]3[C@@H](CCC4=CC(O)C=C[C@@]43C)[C@@H]1CC[C@@H]2CCO. The van der Waals surface area contributed by atoms with Gasteiger partial charge in [-0.25, -0.2) is 0 Å². The fraction of sp³-hybridized carbons (Fsp3) is 0.810. The highest BCUT2D eigenvalue weighted by Crippen LogP contribution is 2.66. The van der Waals surface area contributed by atoms with E-state index >= 15 is 0 Å². The van der Waals surface area contributed by atoms with Crippen molar-refractivity contribution >= 4 is 0 Å². The van der Waals surface area contributed by atoms with Gasteiger partial charge in [-0.05, 0) is 74.0 Å². The number of allylic oxidation sites excluding steroid dienone is 2. The molecular formula is C21H32O2. The molecule has 0 bridgehead atoms. The maximum absolute atomic E-state index is 9.96. The third-order valence-corrected chi connectivity index (χ3v) is 8.33. The van der Waals surface area contributed by atoms with Crippen LogP contribution in [0.2, 0.25) is 0 Å². The summed E-state index contributed by atoms with van der Waals surface area (Å²) in [6.45, 7) is 5.29.